The molecule has 27 heavy (non-hydrogen) atoms. The van der Waals surface area contributed by atoms with Crippen LogP contribution in [0.25, 0.3) is 11.4 Å². The molecule has 0 aliphatic rings. The number of ether oxygens (including phenoxy) is 1. The van der Waals surface area contributed by atoms with Crippen LogP contribution in [-0.4, -0.2) is 25.7 Å². The molecule has 1 aromatic heterocycles. The van der Waals surface area contributed by atoms with Gasteiger partial charge in [0.1, 0.15) is 10.6 Å². The van der Waals surface area contributed by atoms with Gasteiger partial charge in [-0.25, -0.2) is 13.1 Å². The summed E-state index contributed by atoms with van der Waals surface area (Å²) >= 11 is 0. The second-order valence-electron chi connectivity index (χ2n) is 6.29. The van der Waals surface area contributed by atoms with Gasteiger partial charge >= 0.3 is 0 Å². The smallest absolute Gasteiger partial charge is 0.244 e. The lowest BCUT2D eigenvalue weighted by molar-refractivity contribution is 0.375. The molecule has 0 saturated carbocycles. The molecule has 0 unspecified atom stereocenters. The fourth-order valence-electron chi connectivity index (χ4n) is 2.51. The van der Waals surface area contributed by atoms with Gasteiger partial charge in [-0.3, -0.25) is 0 Å². The number of nitrogens with zero attached hydrogens (tertiary/aromatic N) is 2. The first kappa shape index (κ1) is 19.1. The minimum absolute atomic E-state index is 0.0753. The molecule has 8 heteroatoms. The van der Waals surface area contributed by atoms with Gasteiger partial charge in [0.25, 0.3) is 0 Å². The van der Waals surface area contributed by atoms with Crippen molar-refractivity contribution in [3.63, 3.8) is 0 Å². The first-order valence-corrected chi connectivity index (χ1v) is 9.83. The number of nitrogens with one attached hydrogen (secondary N) is 1. The van der Waals surface area contributed by atoms with E-state index in [1.165, 1.54) is 7.11 Å². The summed E-state index contributed by atoms with van der Waals surface area (Å²) in [5.41, 5.74) is 3.73. The summed E-state index contributed by atoms with van der Waals surface area (Å²) in [4.78, 5) is 4.32. The van der Waals surface area contributed by atoms with E-state index in [2.05, 4.69) is 14.9 Å². The molecule has 0 bridgehead atoms. The largest absolute Gasteiger partial charge is 0.495 e. The van der Waals surface area contributed by atoms with E-state index in [-0.39, 0.29) is 23.1 Å². The number of sulfonamides is 1. The number of rotatable bonds is 6. The average molecular weight is 387 g/mol. The molecule has 7 nitrogen and oxygen atoms in total. The average Bonchev–Trinajstić information content (AvgIpc) is 3.11. The van der Waals surface area contributed by atoms with Gasteiger partial charge in [0.05, 0.1) is 13.7 Å². The Labute approximate surface area is 158 Å². The molecular formula is C19H21N3O4S. The first-order valence-electron chi connectivity index (χ1n) is 8.34. The molecule has 0 fully saturated rings. The van der Waals surface area contributed by atoms with Crippen LogP contribution in [0.15, 0.2) is 45.8 Å². The van der Waals surface area contributed by atoms with E-state index in [1.807, 2.05) is 45.0 Å². The molecule has 0 spiro atoms. The van der Waals surface area contributed by atoms with Crippen LogP contribution < -0.4 is 9.46 Å². The van der Waals surface area contributed by atoms with Gasteiger partial charge in [-0.2, -0.15) is 4.98 Å². The lowest BCUT2D eigenvalue weighted by Gasteiger charge is -2.12. The number of aryl methyl sites for hydroxylation is 3. The SMILES string of the molecule is COc1cc(C)c(C)cc1S(=O)(=O)NCc1nc(-c2ccc(C)cc2)no1. The third-order valence-corrected chi connectivity index (χ3v) is 5.68. The molecule has 3 aromatic rings. The van der Waals surface area contributed by atoms with Crippen molar-refractivity contribution in [3.05, 3.63) is 59.0 Å². The van der Waals surface area contributed by atoms with Gasteiger partial charge in [0.15, 0.2) is 0 Å². The maximum Gasteiger partial charge on any atom is 0.244 e. The third-order valence-electron chi connectivity index (χ3n) is 4.26. The van der Waals surface area contributed by atoms with Crippen LogP contribution >= 0.6 is 0 Å². The van der Waals surface area contributed by atoms with Crippen LogP contribution in [-0.2, 0) is 16.6 Å². The summed E-state index contributed by atoms with van der Waals surface area (Å²) in [5.74, 6) is 0.876. The molecule has 1 N–H and O–H groups in total. The molecule has 0 radical (unpaired) electrons. The molecule has 0 aliphatic carbocycles. The van der Waals surface area contributed by atoms with Crippen molar-refractivity contribution in [2.24, 2.45) is 0 Å². The van der Waals surface area contributed by atoms with Crippen molar-refractivity contribution in [2.45, 2.75) is 32.2 Å². The molecule has 0 atom stereocenters. The summed E-state index contributed by atoms with van der Waals surface area (Å²) in [6.07, 6.45) is 0. The van der Waals surface area contributed by atoms with Crippen molar-refractivity contribution < 1.29 is 17.7 Å². The van der Waals surface area contributed by atoms with E-state index < -0.39 is 10.0 Å². The van der Waals surface area contributed by atoms with E-state index in [9.17, 15) is 8.42 Å². The minimum Gasteiger partial charge on any atom is -0.495 e. The molecule has 3 rings (SSSR count). The van der Waals surface area contributed by atoms with E-state index >= 15 is 0 Å². The summed E-state index contributed by atoms with van der Waals surface area (Å²) in [6, 6.07) is 10.9. The zero-order valence-electron chi connectivity index (χ0n) is 15.6. The quantitative estimate of drug-likeness (QED) is 0.698. The number of methoxy groups -OCH3 is 1. The van der Waals surface area contributed by atoms with Gasteiger partial charge in [0.2, 0.25) is 21.7 Å². The lowest BCUT2D eigenvalue weighted by atomic mass is 10.1. The first-order chi connectivity index (χ1) is 12.8. The predicted octanol–water partition coefficient (Wildman–Crippen LogP) is 3.15. The Morgan fingerprint density at radius 2 is 1.74 bits per heavy atom. The molecular weight excluding hydrogens is 366 g/mol. The lowest BCUT2D eigenvalue weighted by Crippen LogP contribution is -2.24. The highest BCUT2D eigenvalue weighted by atomic mass is 32.2. The van der Waals surface area contributed by atoms with Crippen molar-refractivity contribution >= 4 is 10.0 Å². The molecule has 2 aromatic carbocycles. The molecule has 0 aliphatic heterocycles. The van der Waals surface area contributed by atoms with Crippen LogP contribution in [0.3, 0.4) is 0 Å². The Morgan fingerprint density at radius 3 is 2.41 bits per heavy atom. The number of aromatic nitrogens is 2. The van der Waals surface area contributed by atoms with Crippen LogP contribution in [0.5, 0.6) is 5.75 Å². The Bertz CT molecular complexity index is 1060. The van der Waals surface area contributed by atoms with Crippen molar-refractivity contribution in [1.29, 1.82) is 0 Å². The van der Waals surface area contributed by atoms with Gasteiger partial charge in [-0.05, 0) is 44.0 Å². The fraction of sp³-hybridized carbons (Fsp3) is 0.263. The normalized spacial score (nSPS) is 11.6. The topological polar surface area (TPSA) is 94.3 Å². The number of benzene rings is 2. The van der Waals surface area contributed by atoms with Crippen LogP contribution in [0.2, 0.25) is 0 Å². The molecule has 0 amide bonds. The van der Waals surface area contributed by atoms with E-state index in [0.29, 0.717) is 5.82 Å². The summed E-state index contributed by atoms with van der Waals surface area (Å²) < 4.78 is 38.2. The summed E-state index contributed by atoms with van der Waals surface area (Å²) in [5, 5.41) is 3.90. The summed E-state index contributed by atoms with van der Waals surface area (Å²) in [6.45, 7) is 5.62. The minimum atomic E-state index is -3.80. The second kappa shape index (κ2) is 7.50. The van der Waals surface area contributed by atoms with Crippen molar-refractivity contribution in [3.8, 4) is 17.1 Å². The van der Waals surface area contributed by atoms with E-state index in [0.717, 1.165) is 22.3 Å². The number of hydrogen-bond acceptors (Lipinski definition) is 6. The van der Waals surface area contributed by atoms with Gasteiger partial charge < -0.3 is 9.26 Å². The van der Waals surface area contributed by atoms with Crippen LogP contribution in [0.1, 0.15) is 22.6 Å². The second-order valence-corrected chi connectivity index (χ2v) is 8.03. The molecule has 142 valence electrons. The Balaban J connectivity index is 1.78. The highest BCUT2D eigenvalue weighted by Crippen LogP contribution is 2.27. The van der Waals surface area contributed by atoms with Gasteiger partial charge in [-0.15, -0.1) is 0 Å². The van der Waals surface area contributed by atoms with Crippen LogP contribution in [0.4, 0.5) is 0 Å². The fourth-order valence-corrected chi connectivity index (χ4v) is 3.72. The highest BCUT2D eigenvalue weighted by molar-refractivity contribution is 7.89. The van der Waals surface area contributed by atoms with Crippen molar-refractivity contribution in [1.82, 2.24) is 14.9 Å². The predicted molar refractivity (Wildman–Crippen MR) is 101 cm³/mol. The third kappa shape index (κ3) is 4.17. The monoisotopic (exact) mass is 387 g/mol. The standard InChI is InChI=1S/C19H21N3O4S/c1-12-5-7-15(8-6-12)19-21-18(26-22-19)11-20-27(23,24)17-10-14(3)13(2)9-16(17)25-4/h5-10,20H,11H2,1-4H3. The Kier molecular flexibility index (Phi) is 5.29. The Hall–Kier alpha value is -2.71. The maximum atomic E-state index is 12.7. The van der Waals surface area contributed by atoms with Crippen LogP contribution in [0, 0.1) is 20.8 Å². The van der Waals surface area contributed by atoms with Crippen molar-refractivity contribution in [2.75, 3.05) is 7.11 Å². The molecule has 0 saturated heterocycles. The summed E-state index contributed by atoms with van der Waals surface area (Å²) in [7, 11) is -2.36. The zero-order valence-corrected chi connectivity index (χ0v) is 16.4. The maximum absolute atomic E-state index is 12.7. The van der Waals surface area contributed by atoms with Gasteiger partial charge in [0, 0.05) is 5.56 Å². The Morgan fingerprint density at radius 1 is 1.07 bits per heavy atom. The van der Waals surface area contributed by atoms with E-state index in [4.69, 9.17) is 9.26 Å². The zero-order chi connectivity index (χ0) is 19.6. The van der Waals surface area contributed by atoms with Gasteiger partial charge in [-0.1, -0.05) is 35.0 Å². The highest BCUT2D eigenvalue weighted by Gasteiger charge is 2.21. The molecule has 1 heterocycles. The number of hydrogen-bond donors (Lipinski definition) is 1. The van der Waals surface area contributed by atoms with E-state index in [1.54, 1.807) is 12.1 Å².